The first kappa shape index (κ1) is 31.7. The molecule has 0 aliphatic rings. The fraction of sp³-hybridized carbons (Fsp3) is 0. The number of benzene rings is 6. The lowest BCUT2D eigenvalue weighted by molar-refractivity contribution is 1.03. The molecule has 11 aromatic rings. The van der Waals surface area contributed by atoms with E-state index >= 15 is 0 Å². The zero-order valence-electron chi connectivity index (χ0n) is 30.0. The molecule has 7 nitrogen and oxygen atoms in total. The van der Waals surface area contributed by atoms with Gasteiger partial charge in [-0.1, -0.05) is 158 Å². The van der Waals surface area contributed by atoms with E-state index in [2.05, 4.69) is 118 Å². The van der Waals surface area contributed by atoms with Crippen molar-refractivity contribution in [1.82, 2.24) is 34.1 Å². The third-order valence-corrected chi connectivity index (χ3v) is 10.4. The first-order valence-electron chi connectivity index (χ1n) is 18.6. The van der Waals surface area contributed by atoms with E-state index < -0.39 is 0 Å². The molecule has 0 bridgehead atoms. The summed E-state index contributed by atoms with van der Waals surface area (Å²) in [5.41, 5.74) is 10.4. The smallest absolute Gasteiger partial charge is 0.162 e. The SMILES string of the molecule is c1ccc(-c2cc(-n3c4ccccc4c4cnc5c6ccccc6n(-c6cc(-c7ccccc7)nc(-c7ccccc7)n6)c5c43)nc(-c3ccccc3)n2)cc1. The quantitative estimate of drug-likeness (QED) is 0.171. The van der Waals surface area contributed by atoms with Crippen molar-refractivity contribution < 1.29 is 0 Å². The van der Waals surface area contributed by atoms with Crippen LogP contribution < -0.4 is 0 Å². The number of hydrogen-bond donors (Lipinski definition) is 0. The van der Waals surface area contributed by atoms with Crippen LogP contribution in [0.1, 0.15) is 0 Å². The summed E-state index contributed by atoms with van der Waals surface area (Å²) >= 11 is 0. The molecular weight excluding hydrogens is 687 g/mol. The van der Waals surface area contributed by atoms with Gasteiger partial charge in [0.15, 0.2) is 11.6 Å². The summed E-state index contributed by atoms with van der Waals surface area (Å²) in [6.07, 6.45) is 2.01. The number of pyridine rings is 1. The Morgan fingerprint density at radius 3 is 1.27 bits per heavy atom. The van der Waals surface area contributed by atoms with Crippen molar-refractivity contribution in [3.8, 4) is 56.9 Å². The Kier molecular flexibility index (Phi) is 7.35. The highest BCUT2D eigenvalue weighted by molar-refractivity contribution is 6.22. The maximum Gasteiger partial charge on any atom is 0.162 e. The molecule has 6 aromatic carbocycles. The molecule has 0 atom stereocenters. The van der Waals surface area contributed by atoms with Gasteiger partial charge in [0.25, 0.3) is 0 Å². The van der Waals surface area contributed by atoms with Gasteiger partial charge in [0.2, 0.25) is 0 Å². The molecule has 0 spiro atoms. The molecule has 0 amide bonds. The predicted molar refractivity (Wildman–Crippen MR) is 226 cm³/mol. The summed E-state index contributed by atoms with van der Waals surface area (Å²) in [5.74, 6) is 2.79. The molecule has 5 heterocycles. The second-order valence-corrected chi connectivity index (χ2v) is 13.8. The van der Waals surface area contributed by atoms with Gasteiger partial charge in [0.1, 0.15) is 11.6 Å². The molecule has 0 fully saturated rings. The van der Waals surface area contributed by atoms with Crippen LogP contribution in [0, 0.1) is 0 Å². The highest BCUT2D eigenvalue weighted by atomic mass is 15.1. The molecule has 0 saturated heterocycles. The van der Waals surface area contributed by atoms with Crippen LogP contribution >= 0.6 is 0 Å². The van der Waals surface area contributed by atoms with E-state index in [1.54, 1.807) is 0 Å². The van der Waals surface area contributed by atoms with E-state index in [0.29, 0.717) is 11.6 Å². The molecule has 0 saturated carbocycles. The van der Waals surface area contributed by atoms with Gasteiger partial charge in [0.05, 0.1) is 39.0 Å². The standard InChI is InChI=1S/C49H31N7/c1-5-17-32(18-6-1)39-29-43(53-48(51-39)34-21-9-3-10-22-34)55-41-27-15-13-25-36(41)38-31-50-45-37-26-14-16-28-42(37)56(47(45)46(38)55)44-30-40(33-19-7-2-8-20-33)52-49(54-44)35-23-11-4-12-24-35/h1-31H. The minimum atomic E-state index is 0.643. The molecule has 7 heteroatoms. The van der Waals surface area contributed by atoms with Crippen LogP contribution in [-0.2, 0) is 0 Å². The van der Waals surface area contributed by atoms with Crippen LogP contribution in [-0.4, -0.2) is 34.1 Å². The lowest BCUT2D eigenvalue weighted by Gasteiger charge is -2.14. The molecule has 0 aliphatic heterocycles. The van der Waals surface area contributed by atoms with Crippen LogP contribution in [0.4, 0.5) is 0 Å². The van der Waals surface area contributed by atoms with Crippen LogP contribution in [0.2, 0.25) is 0 Å². The third kappa shape index (κ3) is 5.17. The number of hydrogen-bond acceptors (Lipinski definition) is 5. The largest absolute Gasteiger partial charge is 0.291 e. The van der Waals surface area contributed by atoms with Gasteiger partial charge < -0.3 is 0 Å². The maximum atomic E-state index is 5.34. The van der Waals surface area contributed by atoms with Crippen molar-refractivity contribution in [1.29, 1.82) is 0 Å². The van der Waals surface area contributed by atoms with Crippen molar-refractivity contribution in [2.45, 2.75) is 0 Å². The van der Waals surface area contributed by atoms with Crippen LogP contribution in [0.3, 0.4) is 0 Å². The molecule has 56 heavy (non-hydrogen) atoms. The fourth-order valence-electron chi connectivity index (χ4n) is 7.85. The molecule has 262 valence electrons. The van der Waals surface area contributed by atoms with E-state index in [0.717, 1.165) is 89.0 Å². The van der Waals surface area contributed by atoms with Gasteiger partial charge in [-0.25, -0.2) is 19.9 Å². The average Bonchev–Trinajstić information content (AvgIpc) is 3.81. The van der Waals surface area contributed by atoms with E-state index in [4.69, 9.17) is 24.9 Å². The second-order valence-electron chi connectivity index (χ2n) is 13.8. The molecule has 0 aliphatic carbocycles. The van der Waals surface area contributed by atoms with Crippen LogP contribution in [0.25, 0.3) is 101 Å². The summed E-state index contributed by atoms with van der Waals surface area (Å²) in [6.45, 7) is 0. The Balaban J connectivity index is 1.29. The van der Waals surface area contributed by atoms with Crippen LogP contribution in [0.5, 0.6) is 0 Å². The van der Waals surface area contributed by atoms with Crippen molar-refractivity contribution in [3.63, 3.8) is 0 Å². The Morgan fingerprint density at radius 1 is 0.339 bits per heavy atom. The van der Waals surface area contributed by atoms with Gasteiger partial charge in [-0.2, -0.15) is 0 Å². The third-order valence-electron chi connectivity index (χ3n) is 10.4. The Morgan fingerprint density at radius 2 is 0.750 bits per heavy atom. The van der Waals surface area contributed by atoms with Crippen molar-refractivity contribution in [3.05, 3.63) is 188 Å². The summed E-state index contributed by atoms with van der Waals surface area (Å²) in [4.78, 5) is 26.1. The monoisotopic (exact) mass is 717 g/mol. The zero-order valence-corrected chi connectivity index (χ0v) is 30.0. The molecule has 0 unspecified atom stereocenters. The maximum absolute atomic E-state index is 5.34. The minimum absolute atomic E-state index is 0.643. The first-order valence-corrected chi connectivity index (χ1v) is 18.6. The molecular formula is C49H31N7. The number of fused-ring (bicyclic) bond motifs is 7. The molecule has 0 N–H and O–H groups in total. The van der Waals surface area contributed by atoms with Gasteiger partial charge in [-0.3, -0.25) is 14.1 Å². The average molecular weight is 718 g/mol. The summed E-state index contributed by atoms with van der Waals surface area (Å²) in [6, 6.07) is 62.1. The lowest BCUT2D eigenvalue weighted by atomic mass is 10.1. The van der Waals surface area contributed by atoms with E-state index in [1.165, 1.54) is 0 Å². The van der Waals surface area contributed by atoms with E-state index in [9.17, 15) is 0 Å². The van der Waals surface area contributed by atoms with Crippen LogP contribution in [0.15, 0.2) is 188 Å². The molecule has 0 radical (unpaired) electrons. The van der Waals surface area contributed by atoms with Gasteiger partial charge in [-0.15, -0.1) is 0 Å². The van der Waals surface area contributed by atoms with Crippen molar-refractivity contribution >= 4 is 43.7 Å². The molecule has 11 rings (SSSR count). The van der Waals surface area contributed by atoms with Gasteiger partial charge in [-0.05, 0) is 12.1 Å². The van der Waals surface area contributed by atoms with Gasteiger partial charge in [0, 0.05) is 56.7 Å². The number of para-hydroxylation sites is 2. The zero-order chi connectivity index (χ0) is 37.0. The lowest BCUT2D eigenvalue weighted by Crippen LogP contribution is -2.05. The summed E-state index contributed by atoms with van der Waals surface area (Å²) in [5, 5.41) is 3.12. The highest BCUT2D eigenvalue weighted by Crippen LogP contribution is 2.41. The Labute approximate surface area is 321 Å². The normalized spacial score (nSPS) is 11.6. The van der Waals surface area contributed by atoms with E-state index in [-0.39, 0.29) is 0 Å². The summed E-state index contributed by atoms with van der Waals surface area (Å²) < 4.78 is 4.54. The number of aromatic nitrogens is 7. The van der Waals surface area contributed by atoms with E-state index in [1.807, 2.05) is 79.0 Å². The topological polar surface area (TPSA) is 74.3 Å². The predicted octanol–water partition coefficient (Wildman–Crippen LogP) is 11.5. The fourth-order valence-corrected chi connectivity index (χ4v) is 7.85. The Bertz CT molecular complexity index is 2890. The minimum Gasteiger partial charge on any atom is -0.291 e. The second kappa shape index (κ2) is 13.0. The highest BCUT2D eigenvalue weighted by Gasteiger charge is 2.24. The number of rotatable bonds is 6. The Hall–Kier alpha value is -7.77. The first-order chi connectivity index (χ1) is 27.8. The molecule has 5 aromatic heterocycles. The van der Waals surface area contributed by atoms with Crippen molar-refractivity contribution in [2.24, 2.45) is 0 Å². The summed E-state index contributed by atoms with van der Waals surface area (Å²) in [7, 11) is 0. The van der Waals surface area contributed by atoms with Crippen molar-refractivity contribution in [2.75, 3.05) is 0 Å². The van der Waals surface area contributed by atoms with Gasteiger partial charge >= 0.3 is 0 Å². The number of nitrogens with zero attached hydrogens (tertiary/aromatic N) is 7.